The van der Waals surface area contributed by atoms with Crippen molar-refractivity contribution in [2.24, 2.45) is 0 Å². The third kappa shape index (κ3) is 5.56. The zero-order chi connectivity index (χ0) is 25.8. The summed E-state index contributed by atoms with van der Waals surface area (Å²) in [6.45, 7) is 1.77. The summed E-state index contributed by atoms with van der Waals surface area (Å²) in [6, 6.07) is 17.6. The van der Waals surface area contributed by atoms with Gasteiger partial charge in [-0.3, -0.25) is 9.59 Å². The molecule has 10 heteroatoms. The average Bonchev–Trinajstić information content (AvgIpc) is 3.31. The van der Waals surface area contributed by atoms with E-state index in [4.69, 9.17) is 5.11 Å². The number of carbonyl (C=O) groups excluding carboxylic acids is 2. The Balaban J connectivity index is 1.43. The Bertz CT molecular complexity index is 1500. The van der Waals surface area contributed by atoms with E-state index in [1.54, 1.807) is 31.2 Å². The van der Waals surface area contributed by atoms with E-state index >= 15 is 0 Å². The lowest BCUT2D eigenvalue weighted by Crippen LogP contribution is -2.22. The first-order valence-corrected chi connectivity index (χ1v) is 11.7. The molecule has 0 aliphatic heterocycles. The Kier molecular flexibility index (Phi) is 7.07. The molecule has 0 spiro atoms. The molecule has 0 saturated carbocycles. The monoisotopic (exact) mass is 503 g/mol. The highest BCUT2D eigenvalue weighted by molar-refractivity contribution is 8.00. The summed E-state index contributed by atoms with van der Waals surface area (Å²) in [5.41, 5.74) is 1.17. The molecule has 0 fully saturated rings. The highest BCUT2D eigenvalue weighted by atomic mass is 32.2. The average molecular weight is 504 g/mol. The zero-order valence-corrected chi connectivity index (χ0v) is 19.8. The van der Waals surface area contributed by atoms with E-state index in [-0.39, 0.29) is 17.0 Å². The number of carbonyl (C=O) groups is 4. The molecule has 4 rings (SSSR count). The van der Waals surface area contributed by atoms with Gasteiger partial charge in [-0.05, 0) is 66.9 Å². The van der Waals surface area contributed by atoms with E-state index in [9.17, 15) is 24.3 Å². The normalized spacial score (nSPS) is 11.6. The number of fused-ring (bicyclic) bond motifs is 1. The first kappa shape index (κ1) is 24.6. The van der Waals surface area contributed by atoms with Crippen LogP contribution in [0.5, 0.6) is 0 Å². The van der Waals surface area contributed by atoms with Gasteiger partial charge in [0.25, 0.3) is 5.91 Å². The van der Waals surface area contributed by atoms with Crippen molar-refractivity contribution >= 4 is 57.8 Å². The Hall–Kier alpha value is -4.57. The van der Waals surface area contributed by atoms with Crippen LogP contribution in [-0.2, 0) is 4.79 Å². The van der Waals surface area contributed by atoms with Crippen molar-refractivity contribution in [1.29, 1.82) is 0 Å². The molecular weight excluding hydrogens is 482 g/mol. The number of thioether (sulfide) groups is 1. The second kappa shape index (κ2) is 10.4. The van der Waals surface area contributed by atoms with Crippen LogP contribution >= 0.6 is 11.8 Å². The van der Waals surface area contributed by atoms with Crippen LogP contribution in [0.4, 0.5) is 11.4 Å². The van der Waals surface area contributed by atoms with Crippen LogP contribution in [0.15, 0.2) is 77.8 Å². The fraction of sp³-hybridized carbons (Fsp3) is 0.0769. The summed E-state index contributed by atoms with van der Waals surface area (Å²) in [6.07, 6.45) is 1.83. The third-order valence-corrected chi connectivity index (χ3v) is 6.43. The number of aromatic nitrogens is 1. The van der Waals surface area contributed by atoms with E-state index in [1.165, 1.54) is 17.8 Å². The van der Waals surface area contributed by atoms with Crippen LogP contribution in [0.25, 0.3) is 10.9 Å². The summed E-state index contributed by atoms with van der Waals surface area (Å²) in [5, 5.41) is 24.6. The Morgan fingerprint density at radius 1 is 0.833 bits per heavy atom. The van der Waals surface area contributed by atoms with Crippen molar-refractivity contribution in [1.82, 2.24) is 4.98 Å². The van der Waals surface area contributed by atoms with Crippen LogP contribution in [-0.4, -0.2) is 44.2 Å². The summed E-state index contributed by atoms with van der Waals surface area (Å²) in [7, 11) is 0. The lowest BCUT2D eigenvalue weighted by Gasteiger charge is -2.13. The van der Waals surface area contributed by atoms with Crippen LogP contribution < -0.4 is 10.6 Å². The number of hydrogen-bond donors (Lipinski definition) is 5. The fourth-order valence-electron chi connectivity index (χ4n) is 3.52. The maximum absolute atomic E-state index is 12.7. The molecule has 3 aromatic carbocycles. The van der Waals surface area contributed by atoms with Crippen molar-refractivity contribution in [2.75, 3.05) is 10.6 Å². The number of aromatic amines is 1. The molecule has 1 aromatic heterocycles. The van der Waals surface area contributed by atoms with Crippen LogP contribution in [0, 0.1) is 0 Å². The molecule has 0 bridgehead atoms. The lowest BCUT2D eigenvalue weighted by molar-refractivity contribution is -0.115. The largest absolute Gasteiger partial charge is 0.478 e. The van der Waals surface area contributed by atoms with Gasteiger partial charge in [0.05, 0.1) is 21.9 Å². The van der Waals surface area contributed by atoms with E-state index in [0.29, 0.717) is 11.4 Å². The number of carboxylic acids is 2. The molecule has 5 N–H and O–H groups in total. The number of amides is 2. The van der Waals surface area contributed by atoms with Gasteiger partial charge in [0, 0.05) is 28.0 Å². The van der Waals surface area contributed by atoms with Crippen molar-refractivity contribution in [3.63, 3.8) is 0 Å². The van der Waals surface area contributed by atoms with Crippen LogP contribution in [0.3, 0.4) is 0 Å². The number of H-pyrrole nitrogens is 1. The maximum atomic E-state index is 12.7. The topological polar surface area (TPSA) is 149 Å². The van der Waals surface area contributed by atoms with Gasteiger partial charge in [-0.15, -0.1) is 11.8 Å². The quantitative estimate of drug-likeness (QED) is 0.214. The van der Waals surface area contributed by atoms with Crippen LogP contribution in [0.2, 0.25) is 0 Å². The highest BCUT2D eigenvalue weighted by Crippen LogP contribution is 2.27. The van der Waals surface area contributed by atoms with Gasteiger partial charge in [-0.1, -0.05) is 12.1 Å². The first-order valence-electron chi connectivity index (χ1n) is 10.8. The van der Waals surface area contributed by atoms with Gasteiger partial charge in [-0.2, -0.15) is 0 Å². The van der Waals surface area contributed by atoms with Crippen LogP contribution in [0.1, 0.15) is 38.0 Å². The second-order valence-corrected chi connectivity index (χ2v) is 9.30. The number of nitrogens with one attached hydrogen (secondary N) is 3. The number of benzene rings is 3. The smallest absolute Gasteiger partial charge is 0.336 e. The summed E-state index contributed by atoms with van der Waals surface area (Å²) in [5.74, 6) is -3.60. The summed E-state index contributed by atoms with van der Waals surface area (Å²) < 4.78 is 0. The SMILES string of the molecule is CC(Sc1cccc(NC(=O)c2ccc(C(=O)O)cc2C(=O)O)c1)C(=O)Nc1ccc2cc[nH]c2c1. The molecule has 2 amide bonds. The molecule has 4 aromatic rings. The third-order valence-electron chi connectivity index (χ3n) is 5.34. The van der Waals surface area contributed by atoms with Gasteiger partial charge in [0.15, 0.2) is 0 Å². The second-order valence-electron chi connectivity index (χ2n) is 7.88. The fourth-order valence-corrected chi connectivity index (χ4v) is 4.45. The van der Waals surface area contributed by atoms with Gasteiger partial charge < -0.3 is 25.8 Å². The predicted molar refractivity (Wildman–Crippen MR) is 137 cm³/mol. The number of rotatable bonds is 8. The van der Waals surface area contributed by atoms with Crippen molar-refractivity contribution in [2.45, 2.75) is 17.1 Å². The van der Waals surface area contributed by atoms with E-state index < -0.39 is 28.7 Å². The standard InChI is InChI=1S/C26H21N3O6S/c1-14(23(30)28-18-7-5-15-9-10-27-22(15)13-18)36-19-4-2-3-17(12-19)29-24(31)20-8-6-16(25(32)33)11-21(20)26(34)35/h2-14,27H,1H3,(H,28,30)(H,29,31)(H,32,33)(H,34,35). The molecular formula is C26H21N3O6S. The first-order chi connectivity index (χ1) is 17.2. The molecule has 182 valence electrons. The zero-order valence-electron chi connectivity index (χ0n) is 18.9. The molecule has 0 saturated heterocycles. The summed E-state index contributed by atoms with van der Waals surface area (Å²) >= 11 is 1.30. The number of aromatic carboxylic acids is 2. The molecule has 1 heterocycles. The Labute approximate surface area is 209 Å². The van der Waals surface area contributed by atoms with E-state index in [1.807, 2.05) is 30.5 Å². The Morgan fingerprint density at radius 2 is 1.61 bits per heavy atom. The van der Waals surface area contributed by atoms with Crippen molar-refractivity contribution < 1.29 is 29.4 Å². The molecule has 9 nitrogen and oxygen atoms in total. The Morgan fingerprint density at radius 3 is 2.36 bits per heavy atom. The minimum atomic E-state index is -1.41. The van der Waals surface area contributed by atoms with Crippen molar-refractivity contribution in [3.05, 3.63) is 89.6 Å². The van der Waals surface area contributed by atoms with Gasteiger partial charge >= 0.3 is 11.9 Å². The lowest BCUT2D eigenvalue weighted by atomic mass is 10.0. The highest BCUT2D eigenvalue weighted by Gasteiger charge is 2.20. The predicted octanol–water partition coefficient (Wildman–Crippen LogP) is 4.94. The molecule has 1 unspecified atom stereocenters. The maximum Gasteiger partial charge on any atom is 0.336 e. The van der Waals surface area contributed by atoms with E-state index in [0.717, 1.165) is 27.9 Å². The van der Waals surface area contributed by atoms with Gasteiger partial charge in [0.1, 0.15) is 0 Å². The summed E-state index contributed by atoms with van der Waals surface area (Å²) in [4.78, 5) is 52.0. The molecule has 0 aliphatic carbocycles. The van der Waals surface area contributed by atoms with E-state index in [2.05, 4.69) is 15.6 Å². The van der Waals surface area contributed by atoms with Gasteiger partial charge in [-0.25, -0.2) is 9.59 Å². The van der Waals surface area contributed by atoms with Gasteiger partial charge in [0.2, 0.25) is 5.91 Å². The minimum Gasteiger partial charge on any atom is -0.478 e. The number of carboxylic acid groups (broad SMARTS) is 2. The molecule has 36 heavy (non-hydrogen) atoms. The number of hydrogen-bond acceptors (Lipinski definition) is 5. The number of anilines is 2. The molecule has 1 atom stereocenters. The minimum absolute atomic E-state index is 0.169. The molecule has 0 aliphatic rings. The van der Waals surface area contributed by atoms with Crippen molar-refractivity contribution in [3.8, 4) is 0 Å². The molecule has 0 radical (unpaired) electrons.